The molecule has 0 aromatic rings. The molecule has 0 aliphatic carbocycles. The fourth-order valence-electron chi connectivity index (χ4n) is 1.89. The van der Waals surface area contributed by atoms with Gasteiger partial charge in [0.15, 0.2) is 0 Å². The van der Waals surface area contributed by atoms with Crippen LogP contribution in [0.5, 0.6) is 0 Å². The van der Waals surface area contributed by atoms with Crippen molar-refractivity contribution in [2.45, 2.75) is 44.2 Å². The minimum absolute atomic E-state index is 0.0170. The Balaban J connectivity index is 2.46. The van der Waals surface area contributed by atoms with Gasteiger partial charge in [0.1, 0.15) is 6.04 Å². The van der Waals surface area contributed by atoms with Gasteiger partial charge in [0.2, 0.25) is 11.8 Å². The Bertz CT molecular complexity index is 326. The van der Waals surface area contributed by atoms with Crippen LogP contribution in [0.2, 0.25) is 0 Å². The molecular weight excluding hydrogens is 238 g/mol. The second-order valence-corrected chi connectivity index (χ2v) is 4.41. The highest BCUT2D eigenvalue weighted by Gasteiger charge is 2.26. The van der Waals surface area contributed by atoms with Gasteiger partial charge < -0.3 is 21.5 Å². The Labute approximate surface area is 105 Å². The molecule has 0 aromatic carbocycles. The summed E-state index contributed by atoms with van der Waals surface area (Å²) in [7, 11) is 0. The topological polar surface area (TPSA) is 122 Å². The molecule has 0 spiro atoms. The Morgan fingerprint density at radius 1 is 1.39 bits per heavy atom. The normalized spacial score (nSPS) is 21.0. The van der Waals surface area contributed by atoms with E-state index in [9.17, 15) is 14.4 Å². The molecule has 1 unspecified atom stereocenters. The molecule has 18 heavy (non-hydrogen) atoms. The van der Waals surface area contributed by atoms with Crippen LogP contribution in [0, 0.1) is 0 Å². The first-order valence-corrected chi connectivity index (χ1v) is 6.05. The summed E-state index contributed by atoms with van der Waals surface area (Å²) in [6.07, 6.45) is 2.63. The molecule has 5 N–H and O–H groups in total. The van der Waals surface area contributed by atoms with E-state index < -0.39 is 17.9 Å². The molecule has 1 aliphatic rings. The number of primary amides is 1. The lowest BCUT2D eigenvalue weighted by molar-refractivity contribution is -0.142. The zero-order valence-corrected chi connectivity index (χ0v) is 10.1. The summed E-state index contributed by atoms with van der Waals surface area (Å²) in [6.45, 7) is 0.761. The first-order valence-electron chi connectivity index (χ1n) is 6.05. The molecule has 0 saturated carbocycles. The van der Waals surface area contributed by atoms with Gasteiger partial charge in [-0.15, -0.1) is 0 Å². The Morgan fingerprint density at radius 3 is 2.61 bits per heavy atom. The Kier molecular flexibility index (Phi) is 5.57. The van der Waals surface area contributed by atoms with Gasteiger partial charge in [0.05, 0.1) is 6.04 Å². The molecular formula is C11H19N3O4. The zero-order chi connectivity index (χ0) is 13.5. The molecule has 1 fully saturated rings. The van der Waals surface area contributed by atoms with E-state index >= 15 is 0 Å². The third kappa shape index (κ3) is 4.70. The van der Waals surface area contributed by atoms with E-state index in [1.807, 2.05) is 0 Å². The lowest BCUT2D eigenvalue weighted by Crippen LogP contribution is -2.51. The molecule has 2 amide bonds. The van der Waals surface area contributed by atoms with Crippen molar-refractivity contribution in [3.05, 3.63) is 0 Å². The van der Waals surface area contributed by atoms with Gasteiger partial charge in [-0.05, 0) is 25.8 Å². The minimum atomic E-state index is -1.15. The van der Waals surface area contributed by atoms with Crippen LogP contribution in [0.15, 0.2) is 0 Å². The van der Waals surface area contributed by atoms with Crippen LogP contribution in [0.4, 0.5) is 0 Å². The summed E-state index contributed by atoms with van der Waals surface area (Å²) in [5.74, 6) is -2.06. The molecule has 1 rings (SSSR count). The van der Waals surface area contributed by atoms with Crippen LogP contribution in [-0.2, 0) is 14.4 Å². The van der Waals surface area contributed by atoms with Crippen molar-refractivity contribution in [1.82, 2.24) is 10.6 Å². The number of nitrogens with one attached hydrogen (secondary N) is 2. The predicted molar refractivity (Wildman–Crippen MR) is 63.6 cm³/mol. The van der Waals surface area contributed by atoms with E-state index in [0.717, 1.165) is 19.4 Å². The number of piperidine rings is 1. The average molecular weight is 257 g/mol. The van der Waals surface area contributed by atoms with Gasteiger partial charge in [0.25, 0.3) is 0 Å². The van der Waals surface area contributed by atoms with Crippen molar-refractivity contribution in [2.75, 3.05) is 6.54 Å². The number of carboxylic acids is 1. The van der Waals surface area contributed by atoms with Crippen molar-refractivity contribution in [3.63, 3.8) is 0 Å². The van der Waals surface area contributed by atoms with Gasteiger partial charge in [-0.3, -0.25) is 9.59 Å². The van der Waals surface area contributed by atoms with E-state index in [2.05, 4.69) is 10.6 Å². The van der Waals surface area contributed by atoms with Gasteiger partial charge in [-0.25, -0.2) is 4.79 Å². The van der Waals surface area contributed by atoms with Gasteiger partial charge >= 0.3 is 5.97 Å². The lowest BCUT2D eigenvalue weighted by Gasteiger charge is -2.24. The standard InChI is InChI=1S/C11H19N3O4/c12-9(15)5-4-8(11(17)18)14-10(16)7-3-1-2-6-13-7/h7-8,13H,1-6H2,(H2,12,15)(H,14,16)(H,17,18)/t7?,8-/m0/s1. The number of carboxylic acid groups (broad SMARTS) is 1. The van der Waals surface area contributed by atoms with Crippen molar-refractivity contribution in [3.8, 4) is 0 Å². The molecule has 0 radical (unpaired) electrons. The highest BCUT2D eigenvalue weighted by atomic mass is 16.4. The van der Waals surface area contributed by atoms with Crippen LogP contribution in [0.3, 0.4) is 0 Å². The number of nitrogens with two attached hydrogens (primary N) is 1. The molecule has 7 nitrogen and oxygen atoms in total. The number of hydrogen-bond donors (Lipinski definition) is 4. The highest BCUT2D eigenvalue weighted by Crippen LogP contribution is 2.08. The molecule has 0 aromatic heterocycles. The summed E-state index contributed by atoms with van der Waals surface area (Å²) in [5.41, 5.74) is 4.96. The maximum atomic E-state index is 11.8. The van der Waals surface area contributed by atoms with Crippen molar-refractivity contribution >= 4 is 17.8 Å². The predicted octanol–water partition coefficient (Wildman–Crippen LogP) is -1.04. The largest absolute Gasteiger partial charge is 0.480 e. The number of amides is 2. The fourth-order valence-corrected chi connectivity index (χ4v) is 1.89. The van der Waals surface area contributed by atoms with Crippen LogP contribution >= 0.6 is 0 Å². The van der Waals surface area contributed by atoms with Gasteiger partial charge in [-0.2, -0.15) is 0 Å². The lowest BCUT2D eigenvalue weighted by atomic mass is 10.0. The van der Waals surface area contributed by atoms with Crippen molar-refractivity contribution < 1.29 is 19.5 Å². The molecule has 2 atom stereocenters. The maximum Gasteiger partial charge on any atom is 0.326 e. The second kappa shape index (κ2) is 6.95. The Hall–Kier alpha value is -1.63. The maximum absolute atomic E-state index is 11.8. The third-order valence-electron chi connectivity index (χ3n) is 2.92. The number of aliphatic carboxylic acids is 1. The molecule has 0 bridgehead atoms. The van der Waals surface area contributed by atoms with Crippen molar-refractivity contribution in [1.29, 1.82) is 0 Å². The molecule has 1 saturated heterocycles. The summed E-state index contributed by atoms with van der Waals surface area (Å²) in [6, 6.07) is -1.40. The first kappa shape index (κ1) is 14.4. The molecule has 102 valence electrons. The highest BCUT2D eigenvalue weighted by molar-refractivity contribution is 5.87. The summed E-state index contributed by atoms with van der Waals surface area (Å²) >= 11 is 0. The zero-order valence-electron chi connectivity index (χ0n) is 10.1. The van der Waals surface area contributed by atoms with E-state index in [4.69, 9.17) is 10.8 Å². The average Bonchev–Trinajstić information content (AvgIpc) is 2.34. The van der Waals surface area contributed by atoms with Crippen molar-refractivity contribution in [2.24, 2.45) is 5.73 Å². The molecule has 1 heterocycles. The number of rotatable bonds is 6. The third-order valence-corrected chi connectivity index (χ3v) is 2.92. The van der Waals surface area contributed by atoms with E-state index in [0.29, 0.717) is 6.42 Å². The monoisotopic (exact) mass is 257 g/mol. The number of carbonyl (C=O) groups is 3. The van der Waals surface area contributed by atoms with Crippen LogP contribution in [0.25, 0.3) is 0 Å². The van der Waals surface area contributed by atoms with Crippen LogP contribution in [-0.4, -0.2) is 41.5 Å². The van der Waals surface area contributed by atoms with E-state index in [-0.39, 0.29) is 24.8 Å². The van der Waals surface area contributed by atoms with Crippen LogP contribution in [0.1, 0.15) is 32.1 Å². The first-order chi connectivity index (χ1) is 8.50. The van der Waals surface area contributed by atoms with E-state index in [1.165, 1.54) is 0 Å². The number of hydrogen-bond acceptors (Lipinski definition) is 4. The second-order valence-electron chi connectivity index (χ2n) is 4.41. The Morgan fingerprint density at radius 2 is 2.11 bits per heavy atom. The summed E-state index contributed by atoms with van der Waals surface area (Å²) < 4.78 is 0. The van der Waals surface area contributed by atoms with Gasteiger partial charge in [0, 0.05) is 6.42 Å². The molecule has 7 heteroatoms. The summed E-state index contributed by atoms with van der Waals surface area (Å²) in [5, 5.41) is 14.4. The quantitative estimate of drug-likeness (QED) is 0.484. The number of carbonyl (C=O) groups excluding carboxylic acids is 2. The molecule has 1 aliphatic heterocycles. The van der Waals surface area contributed by atoms with Crippen LogP contribution < -0.4 is 16.4 Å². The van der Waals surface area contributed by atoms with Gasteiger partial charge in [-0.1, -0.05) is 6.42 Å². The summed E-state index contributed by atoms with van der Waals surface area (Å²) in [4.78, 5) is 33.4. The SMILES string of the molecule is NC(=O)CC[C@H](NC(=O)C1CCCCN1)C(=O)O. The van der Waals surface area contributed by atoms with E-state index in [1.54, 1.807) is 0 Å². The smallest absolute Gasteiger partial charge is 0.326 e. The minimum Gasteiger partial charge on any atom is -0.480 e. The fraction of sp³-hybridized carbons (Fsp3) is 0.727.